The zero-order valence-corrected chi connectivity index (χ0v) is 15.7. The van der Waals surface area contributed by atoms with Crippen molar-refractivity contribution < 1.29 is 9.59 Å². The van der Waals surface area contributed by atoms with Crippen LogP contribution in [0, 0.1) is 0 Å². The average Bonchev–Trinajstić information content (AvgIpc) is 3.25. The van der Waals surface area contributed by atoms with Gasteiger partial charge in [-0.05, 0) is 37.1 Å². The van der Waals surface area contributed by atoms with Crippen LogP contribution in [-0.2, 0) is 17.6 Å². The van der Waals surface area contributed by atoms with E-state index in [1.54, 1.807) is 12.1 Å². The van der Waals surface area contributed by atoms with E-state index < -0.39 is 0 Å². The van der Waals surface area contributed by atoms with Gasteiger partial charge in [0.2, 0.25) is 5.91 Å². The third-order valence-electron chi connectivity index (χ3n) is 4.62. The highest BCUT2D eigenvalue weighted by molar-refractivity contribution is 7.14. The molecule has 136 valence electrons. The summed E-state index contributed by atoms with van der Waals surface area (Å²) in [5.74, 6) is -0.177. The lowest BCUT2D eigenvalue weighted by atomic mass is 10.1. The van der Waals surface area contributed by atoms with Gasteiger partial charge >= 0.3 is 0 Å². The Kier molecular flexibility index (Phi) is 4.73. The van der Waals surface area contributed by atoms with Crippen LogP contribution in [-0.4, -0.2) is 22.8 Å². The summed E-state index contributed by atoms with van der Waals surface area (Å²) in [5.41, 5.74) is 3.44. The van der Waals surface area contributed by atoms with Gasteiger partial charge in [-0.25, -0.2) is 4.98 Å². The zero-order chi connectivity index (χ0) is 18.8. The number of carbonyl (C=O) groups is 2. The van der Waals surface area contributed by atoms with Gasteiger partial charge in [0.25, 0.3) is 5.91 Å². The highest BCUT2D eigenvalue weighted by Crippen LogP contribution is 2.32. The van der Waals surface area contributed by atoms with Crippen LogP contribution in [0.4, 0.5) is 10.8 Å². The fourth-order valence-electron chi connectivity index (χ4n) is 3.39. The highest BCUT2D eigenvalue weighted by Gasteiger charge is 2.30. The molecule has 2 amide bonds. The van der Waals surface area contributed by atoms with E-state index >= 15 is 0 Å². The molecule has 4 rings (SSSR count). The summed E-state index contributed by atoms with van der Waals surface area (Å²) in [5, 5.41) is 5.12. The predicted octanol–water partition coefficient (Wildman–Crippen LogP) is 3.92. The summed E-state index contributed by atoms with van der Waals surface area (Å²) in [4.78, 5) is 31.3. The predicted molar refractivity (Wildman–Crippen MR) is 107 cm³/mol. The molecule has 2 heterocycles. The number of fused-ring (bicyclic) bond motifs is 1. The van der Waals surface area contributed by atoms with Crippen LogP contribution in [0.2, 0.25) is 0 Å². The SMILES string of the molecule is C[C@H]1Cc2ccccc2N1C(=O)Cc1csc(NC(=O)c2ccccc2)n1. The maximum Gasteiger partial charge on any atom is 0.257 e. The van der Waals surface area contributed by atoms with Gasteiger partial charge in [0, 0.05) is 22.7 Å². The van der Waals surface area contributed by atoms with Gasteiger partial charge in [-0.1, -0.05) is 36.4 Å². The Balaban J connectivity index is 1.44. The van der Waals surface area contributed by atoms with Crippen molar-refractivity contribution in [2.45, 2.75) is 25.8 Å². The van der Waals surface area contributed by atoms with E-state index in [1.807, 2.05) is 46.7 Å². The first-order valence-electron chi connectivity index (χ1n) is 8.82. The number of benzene rings is 2. The number of hydrogen-bond acceptors (Lipinski definition) is 4. The van der Waals surface area contributed by atoms with Crippen LogP contribution in [0.3, 0.4) is 0 Å². The molecule has 0 fully saturated rings. The topological polar surface area (TPSA) is 62.3 Å². The molecule has 5 nitrogen and oxygen atoms in total. The number of nitrogens with zero attached hydrogens (tertiary/aromatic N) is 2. The number of carbonyl (C=O) groups excluding carboxylic acids is 2. The molecular weight excluding hydrogens is 358 g/mol. The van der Waals surface area contributed by atoms with Crippen LogP contribution in [0.1, 0.15) is 28.5 Å². The van der Waals surface area contributed by atoms with Gasteiger partial charge in [0.15, 0.2) is 5.13 Å². The van der Waals surface area contributed by atoms with Crippen LogP contribution < -0.4 is 10.2 Å². The minimum atomic E-state index is -0.204. The molecule has 3 aromatic rings. The van der Waals surface area contributed by atoms with Crippen molar-refractivity contribution in [3.05, 3.63) is 76.8 Å². The van der Waals surface area contributed by atoms with Gasteiger partial charge in [0.1, 0.15) is 0 Å². The number of aromatic nitrogens is 1. The van der Waals surface area contributed by atoms with E-state index in [0.717, 1.165) is 12.1 Å². The highest BCUT2D eigenvalue weighted by atomic mass is 32.1. The summed E-state index contributed by atoms with van der Waals surface area (Å²) in [7, 11) is 0. The lowest BCUT2D eigenvalue weighted by Gasteiger charge is -2.22. The van der Waals surface area contributed by atoms with Gasteiger partial charge in [-0.3, -0.25) is 14.9 Å². The quantitative estimate of drug-likeness (QED) is 0.750. The number of amides is 2. The molecule has 0 bridgehead atoms. The Labute approximate surface area is 161 Å². The number of thiazole rings is 1. The zero-order valence-electron chi connectivity index (χ0n) is 14.9. The molecule has 6 heteroatoms. The van der Waals surface area contributed by atoms with Crippen molar-refractivity contribution in [3.63, 3.8) is 0 Å². The lowest BCUT2D eigenvalue weighted by Crippen LogP contribution is -2.36. The Bertz CT molecular complexity index is 984. The summed E-state index contributed by atoms with van der Waals surface area (Å²) in [6.07, 6.45) is 1.09. The number of hydrogen-bond donors (Lipinski definition) is 1. The Hall–Kier alpha value is -2.99. The number of anilines is 2. The summed E-state index contributed by atoms with van der Waals surface area (Å²) in [6, 6.07) is 17.2. The van der Waals surface area contributed by atoms with Crippen molar-refractivity contribution in [1.29, 1.82) is 0 Å². The molecule has 1 aliphatic heterocycles. The molecule has 0 spiro atoms. The summed E-state index contributed by atoms with van der Waals surface area (Å²) < 4.78 is 0. The monoisotopic (exact) mass is 377 g/mol. The molecule has 0 saturated carbocycles. The largest absolute Gasteiger partial charge is 0.309 e. The molecule has 2 aromatic carbocycles. The Morgan fingerprint density at radius 3 is 2.70 bits per heavy atom. The summed E-state index contributed by atoms with van der Waals surface area (Å²) in [6.45, 7) is 2.06. The maximum atomic E-state index is 12.8. The molecule has 1 aromatic heterocycles. The van der Waals surface area contributed by atoms with Crippen LogP contribution in [0.5, 0.6) is 0 Å². The number of rotatable bonds is 4. The molecular formula is C21H19N3O2S. The molecule has 0 saturated heterocycles. The molecule has 1 aliphatic rings. The van der Waals surface area contributed by atoms with Crippen molar-refractivity contribution >= 4 is 34.0 Å². The fourth-order valence-corrected chi connectivity index (χ4v) is 4.10. The van der Waals surface area contributed by atoms with Crippen molar-refractivity contribution in [2.24, 2.45) is 0 Å². The van der Waals surface area contributed by atoms with Crippen molar-refractivity contribution in [3.8, 4) is 0 Å². The molecule has 27 heavy (non-hydrogen) atoms. The Morgan fingerprint density at radius 1 is 1.15 bits per heavy atom. The van der Waals surface area contributed by atoms with Gasteiger partial charge < -0.3 is 4.90 Å². The third-order valence-corrected chi connectivity index (χ3v) is 5.42. The van der Waals surface area contributed by atoms with Gasteiger partial charge in [-0.2, -0.15) is 0 Å². The minimum absolute atomic E-state index is 0.0266. The summed E-state index contributed by atoms with van der Waals surface area (Å²) >= 11 is 1.33. The molecule has 0 unspecified atom stereocenters. The second-order valence-corrected chi connectivity index (χ2v) is 7.44. The van der Waals surface area contributed by atoms with Crippen LogP contribution in [0.15, 0.2) is 60.0 Å². The maximum absolute atomic E-state index is 12.8. The van der Waals surface area contributed by atoms with E-state index in [4.69, 9.17) is 0 Å². The van der Waals surface area contributed by atoms with Gasteiger partial charge in [0.05, 0.1) is 12.1 Å². The van der Waals surface area contributed by atoms with E-state index in [9.17, 15) is 9.59 Å². The fraction of sp³-hybridized carbons (Fsp3) is 0.190. The Morgan fingerprint density at radius 2 is 1.89 bits per heavy atom. The molecule has 0 aliphatic carbocycles. The van der Waals surface area contributed by atoms with Crippen LogP contribution >= 0.6 is 11.3 Å². The minimum Gasteiger partial charge on any atom is -0.309 e. The normalized spacial score (nSPS) is 15.4. The van der Waals surface area contributed by atoms with Gasteiger partial charge in [-0.15, -0.1) is 11.3 Å². The molecule has 1 atom stereocenters. The second-order valence-electron chi connectivity index (χ2n) is 6.59. The van der Waals surface area contributed by atoms with E-state index in [1.165, 1.54) is 16.9 Å². The first-order chi connectivity index (χ1) is 13.1. The number of para-hydroxylation sites is 1. The van der Waals surface area contributed by atoms with E-state index in [0.29, 0.717) is 16.4 Å². The third kappa shape index (κ3) is 3.61. The standard InChI is InChI=1S/C21H19N3O2S/c1-14-11-16-9-5-6-10-18(16)24(14)19(25)12-17-13-27-21(22-17)23-20(26)15-7-3-2-4-8-15/h2-10,13-14H,11-12H2,1H3,(H,22,23,26)/t14-/m0/s1. The molecule has 1 N–H and O–H groups in total. The van der Waals surface area contributed by atoms with E-state index in [-0.39, 0.29) is 24.3 Å². The average molecular weight is 377 g/mol. The number of nitrogens with one attached hydrogen (secondary N) is 1. The first kappa shape index (κ1) is 17.4. The van der Waals surface area contributed by atoms with Crippen LogP contribution in [0.25, 0.3) is 0 Å². The van der Waals surface area contributed by atoms with Crippen molar-refractivity contribution in [1.82, 2.24) is 4.98 Å². The van der Waals surface area contributed by atoms with Crippen molar-refractivity contribution in [2.75, 3.05) is 10.2 Å². The smallest absolute Gasteiger partial charge is 0.257 e. The second kappa shape index (κ2) is 7.32. The first-order valence-corrected chi connectivity index (χ1v) is 9.70. The molecule has 0 radical (unpaired) electrons. The lowest BCUT2D eigenvalue weighted by molar-refractivity contribution is -0.118. The van der Waals surface area contributed by atoms with E-state index in [2.05, 4.69) is 23.3 Å².